The number of rotatable bonds is 5. The van der Waals surface area contributed by atoms with E-state index in [1.165, 1.54) is 11.1 Å². The number of piperidine rings is 1. The number of carbonyl (C=O) groups excluding carboxylic acids is 1. The van der Waals surface area contributed by atoms with Gasteiger partial charge < -0.3 is 4.90 Å². The Kier molecular flexibility index (Phi) is 4.92. The summed E-state index contributed by atoms with van der Waals surface area (Å²) in [7, 11) is 0. The van der Waals surface area contributed by atoms with Gasteiger partial charge in [0.05, 0.1) is 5.41 Å². The van der Waals surface area contributed by atoms with E-state index in [-0.39, 0.29) is 11.3 Å². The summed E-state index contributed by atoms with van der Waals surface area (Å²) in [6, 6.07) is 9.06. The number of fused-ring (bicyclic) bond motifs is 1. The Morgan fingerprint density at radius 3 is 2.63 bits per heavy atom. The van der Waals surface area contributed by atoms with Gasteiger partial charge in [-0.15, -0.1) is 0 Å². The van der Waals surface area contributed by atoms with Crippen molar-refractivity contribution in [1.29, 1.82) is 0 Å². The predicted octanol–water partition coefficient (Wildman–Crippen LogP) is 3.25. The molecule has 0 spiro atoms. The minimum atomic E-state index is -0.104. The summed E-state index contributed by atoms with van der Waals surface area (Å²) >= 11 is 0. The zero-order chi connectivity index (χ0) is 20.9. The molecule has 2 atom stereocenters. The highest BCUT2D eigenvalue weighted by molar-refractivity contribution is 5.81. The molecule has 0 bridgehead atoms. The molecule has 1 amide bonds. The molecule has 2 aromatic rings. The van der Waals surface area contributed by atoms with Gasteiger partial charge in [0.2, 0.25) is 5.91 Å². The van der Waals surface area contributed by atoms with Crippen LogP contribution in [0.25, 0.3) is 0 Å². The van der Waals surface area contributed by atoms with Crippen LogP contribution in [-0.2, 0) is 16.8 Å². The van der Waals surface area contributed by atoms with Crippen LogP contribution in [0.2, 0.25) is 0 Å². The van der Waals surface area contributed by atoms with Crippen molar-refractivity contribution in [3.8, 4) is 0 Å². The Morgan fingerprint density at radius 1 is 1.23 bits per heavy atom. The Labute approximate surface area is 179 Å². The van der Waals surface area contributed by atoms with E-state index in [0.717, 1.165) is 63.6 Å². The normalized spacial score (nSPS) is 26.9. The summed E-state index contributed by atoms with van der Waals surface area (Å²) < 4.78 is 0. The van der Waals surface area contributed by atoms with Gasteiger partial charge in [-0.1, -0.05) is 38.1 Å². The molecule has 2 aliphatic heterocycles. The molecular weight excluding hydrogens is 374 g/mol. The van der Waals surface area contributed by atoms with Crippen molar-refractivity contribution in [3.63, 3.8) is 0 Å². The number of aryl methyl sites for hydroxylation is 1. The van der Waals surface area contributed by atoms with E-state index in [0.29, 0.717) is 17.7 Å². The highest BCUT2D eigenvalue weighted by Gasteiger charge is 2.54. The molecule has 0 radical (unpaired) electrons. The third kappa shape index (κ3) is 3.55. The van der Waals surface area contributed by atoms with E-state index < -0.39 is 0 Å². The second-order valence-corrected chi connectivity index (χ2v) is 9.97. The van der Waals surface area contributed by atoms with Crippen molar-refractivity contribution in [1.82, 2.24) is 25.0 Å². The zero-order valence-corrected chi connectivity index (χ0v) is 18.4. The minimum Gasteiger partial charge on any atom is -0.341 e. The average Bonchev–Trinajstić information content (AvgIpc) is 3.37. The topological polar surface area (TPSA) is 65.1 Å². The SMILES string of the molecule is Cc1nc([C@@]23CCN(Cc4ccc(C(C)C)cc4)C[C@@H]2CN(C(=O)C2CC2)C3)n[nH]1. The number of likely N-dealkylation sites (tertiary alicyclic amines) is 2. The second kappa shape index (κ2) is 7.49. The van der Waals surface area contributed by atoms with Gasteiger partial charge in [-0.3, -0.25) is 14.8 Å². The lowest BCUT2D eigenvalue weighted by Crippen LogP contribution is -2.49. The minimum absolute atomic E-state index is 0.104. The monoisotopic (exact) mass is 407 g/mol. The van der Waals surface area contributed by atoms with Crippen molar-refractivity contribution in [2.24, 2.45) is 11.8 Å². The van der Waals surface area contributed by atoms with Crippen LogP contribution in [0.4, 0.5) is 0 Å². The van der Waals surface area contributed by atoms with Gasteiger partial charge in [0.1, 0.15) is 5.82 Å². The summed E-state index contributed by atoms with van der Waals surface area (Å²) in [4.78, 5) is 22.3. The Bertz CT molecular complexity index is 916. The lowest BCUT2D eigenvalue weighted by molar-refractivity contribution is -0.131. The quantitative estimate of drug-likeness (QED) is 0.826. The first kappa shape index (κ1) is 19.7. The molecule has 6 nitrogen and oxygen atoms in total. The largest absolute Gasteiger partial charge is 0.341 e. The number of carbonyl (C=O) groups is 1. The van der Waals surface area contributed by atoms with Gasteiger partial charge in [-0.2, -0.15) is 5.10 Å². The van der Waals surface area contributed by atoms with E-state index in [4.69, 9.17) is 4.98 Å². The number of hydrogen-bond acceptors (Lipinski definition) is 4. The fourth-order valence-corrected chi connectivity index (χ4v) is 5.35. The smallest absolute Gasteiger partial charge is 0.225 e. The Balaban J connectivity index is 1.34. The molecule has 3 heterocycles. The molecule has 1 saturated carbocycles. The van der Waals surface area contributed by atoms with Crippen LogP contribution in [0.15, 0.2) is 24.3 Å². The summed E-state index contributed by atoms with van der Waals surface area (Å²) in [5.41, 5.74) is 2.65. The van der Waals surface area contributed by atoms with Crippen LogP contribution < -0.4 is 0 Å². The van der Waals surface area contributed by atoms with E-state index in [2.05, 4.69) is 58.1 Å². The van der Waals surface area contributed by atoms with E-state index in [1.807, 2.05) is 6.92 Å². The number of hydrogen-bond donors (Lipinski definition) is 1. The number of nitrogens with one attached hydrogen (secondary N) is 1. The fraction of sp³-hybridized carbons (Fsp3) is 0.625. The number of benzene rings is 1. The standard InChI is InChI=1S/C24H33N5O/c1-16(2)19-6-4-18(5-7-19)12-28-11-10-24(23-25-17(3)26-27-23)15-29(14-21(24)13-28)22(30)20-8-9-20/h4-7,16,20-21H,8-15H2,1-3H3,(H,25,26,27)/t21-,24-/m1/s1. The number of aromatic amines is 1. The van der Waals surface area contributed by atoms with E-state index in [9.17, 15) is 4.79 Å². The predicted molar refractivity (Wildman–Crippen MR) is 116 cm³/mol. The van der Waals surface area contributed by atoms with Crippen LogP contribution in [0.1, 0.15) is 61.8 Å². The van der Waals surface area contributed by atoms with Gasteiger partial charge >= 0.3 is 0 Å². The third-order valence-corrected chi connectivity index (χ3v) is 7.38. The first-order valence-electron chi connectivity index (χ1n) is 11.4. The molecular formula is C24H33N5O. The molecule has 160 valence electrons. The van der Waals surface area contributed by atoms with Gasteiger partial charge in [0.25, 0.3) is 0 Å². The van der Waals surface area contributed by atoms with Crippen LogP contribution >= 0.6 is 0 Å². The highest BCUT2D eigenvalue weighted by atomic mass is 16.2. The molecule has 3 fully saturated rings. The first-order chi connectivity index (χ1) is 14.4. The molecule has 6 heteroatoms. The summed E-state index contributed by atoms with van der Waals surface area (Å²) in [6.07, 6.45) is 3.13. The Hall–Kier alpha value is -2.21. The van der Waals surface area contributed by atoms with Gasteiger partial charge in [-0.25, -0.2) is 4.98 Å². The van der Waals surface area contributed by atoms with Crippen LogP contribution in [0.5, 0.6) is 0 Å². The van der Waals surface area contributed by atoms with Crippen LogP contribution in [0.3, 0.4) is 0 Å². The maximum Gasteiger partial charge on any atom is 0.225 e. The van der Waals surface area contributed by atoms with Gasteiger partial charge in [0.15, 0.2) is 5.82 Å². The van der Waals surface area contributed by atoms with E-state index >= 15 is 0 Å². The van der Waals surface area contributed by atoms with Crippen molar-refractivity contribution in [2.45, 2.75) is 57.9 Å². The first-order valence-corrected chi connectivity index (χ1v) is 11.4. The highest BCUT2D eigenvalue weighted by Crippen LogP contribution is 2.45. The van der Waals surface area contributed by atoms with E-state index in [1.54, 1.807) is 0 Å². The molecule has 30 heavy (non-hydrogen) atoms. The second-order valence-electron chi connectivity index (χ2n) is 9.97. The number of aromatic nitrogens is 3. The van der Waals surface area contributed by atoms with Crippen LogP contribution in [0, 0.1) is 18.8 Å². The molecule has 3 aliphatic rings. The fourth-order valence-electron chi connectivity index (χ4n) is 5.35. The molecule has 2 saturated heterocycles. The zero-order valence-electron chi connectivity index (χ0n) is 18.4. The number of nitrogens with zero attached hydrogens (tertiary/aromatic N) is 4. The maximum absolute atomic E-state index is 12.9. The molecule has 1 N–H and O–H groups in total. The summed E-state index contributed by atoms with van der Waals surface area (Å²) in [5.74, 6) is 3.35. The Morgan fingerprint density at radius 2 is 2.00 bits per heavy atom. The molecule has 1 aliphatic carbocycles. The third-order valence-electron chi connectivity index (χ3n) is 7.38. The molecule has 1 aromatic carbocycles. The van der Waals surface area contributed by atoms with Crippen molar-refractivity contribution in [2.75, 3.05) is 26.2 Å². The van der Waals surface area contributed by atoms with Gasteiger partial charge in [-0.05, 0) is 49.8 Å². The summed E-state index contributed by atoms with van der Waals surface area (Å²) in [5, 5.41) is 7.61. The molecule has 5 rings (SSSR count). The van der Waals surface area contributed by atoms with Crippen molar-refractivity contribution < 1.29 is 4.79 Å². The van der Waals surface area contributed by atoms with Crippen molar-refractivity contribution >= 4 is 5.91 Å². The lowest BCUT2D eigenvalue weighted by Gasteiger charge is -2.41. The number of amides is 1. The van der Waals surface area contributed by atoms with Crippen LogP contribution in [-0.4, -0.2) is 57.1 Å². The number of H-pyrrole nitrogens is 1. The lowest BCUT2D eigenvalue weighted by atomic mass is 9.72. The summed E-state index contributed by atoms with van der Waals surface area (Å²) in [6.45, 7) is 11.0. The molecule has 1 aromatic heterocycles. The van der Waals surface area contributed by atoms with Gasteiger partial charge in [0, 0.05) is 38.0 Å². The maximum atomic E-state index is 12.9. The van der Waals surface area contributed by atoms with Crippen molar-refractivity contribution in [3.05, 3.63) is 47.0 Å². The average molecular weight is 408 g/mol. The molecule has 0 unspecified atom stereocenters.